The highest BCUT2D eigenvalue weighted by molar-refractivity contribution is 5.94. The standard InChI is InChI=1S/C23H25N3O/c1-4-13-26(16-22-7-5-6-12-24-22)23(27)20-10-8-19(9-11-20)21-14-17(2)25-18(3)15-21/h5-12,14-15H,4,13,16H2,1-3H3. The summed E-state index contributed by atoms with van der Waals surface area (Å²) in [7, 11) is 0. The van der Waals surface area contributed by atoms with Gasteiger partial charge in [0, 0.05) is 29.7 Å². The molecule has 2 aromatic heterocycles. The molecule has 0 saturated carbocycles. The molecule has 0 spiro atoms. The summed E-state index contributed by atoms with van der Waals surface area (Å²) in [6.07, 6.45) is 2.67. The van der Waals surface area contributed by atoms with Crippen LogP contribution >= 0.6 is 0 Å². The summed E-state index contributed by atoms with van der Waals surface area (Å²) in [6.45, 7) is 7.30. The van der Waals surface area contributed by atoms with Crippen LogP contribution in [-0.2, 0) is 6.54 Å². The van der Waals surface area contributed by atoms with E-state index in [0.29, 0.717) is 18.7 Å². The fourth-order valence-electron chi connectivity index (χ4n) is 3.20. The Balaban J connectivity index is 1.80. The Labute approximate surface area is 160 Å². The lowest BCUT2D eigenvalue weighted by molar-refractivity contribution is 0.0741. The number of rotatable bonds is 6. The first-order chi connectivity index (χ1) is 13.1. The number of carbonyl (C=O) groups is 1. The van der Waals surface area contributed by atoms with Crippen LogP contribution in [0.5, 0.6) is 0 Å². The van der Waals surface area contributed by atoms with Crippen LogP contribution in [0.4, 0.5) is 0 Å². The molecular formula is C23H25N3O. The molecule has 0 bridgehead atoms. The van der Waals surface area contributed by atoms with Crippen LogP contribution in [0.1, 0.15) is 40.8 Å². The van der Waals surface area contributed by atoms with E-state index in [2.05, 4.69) is 29.0 Å². The van der Waals surface area contributed by atoms with Gasteiger partial charge in [-0.2, -0.15) is 0 Å². The van der Waals surface area contributed by atoms with Crippen molar-refractivity contribution >= 4 is 5.91 Å². The number of aryl methyl sites for hydroxylation is 2. The third-order valence-electron chi connectivity index (χ3n) is 4.41. The van der Waals surface area contributed by atoms with Crippen molar-refractivity contribution < 1.29 is 4.79 Å². The number of hydrogen-bond donors (Lipinski definition) is 0. The van der Waals surface area contributed by atoms with Crippen LogP contribution in [0.25, 0.3) is 11.1 Å². The molecule has 0 unspecified atom stereocenters. The van der Waals surface area contributed by atoms with E-state index < -0.39 is 0 Å². The maximum absolute atomic E-state index is 13.0. The highest BCUT2D eigenvalue weighted by atomic mass is 16.2. The van der Waals surface area contributed by atoms with Crippen molar-refractivity contribution in [2.45, 2.75) is 33.7 Å². The minimum Gasteiger partial charge on any atom is -0.333 e. The average molecular weight is 359 g/mol. The molecule has 138 valence electrons. The lowest BCUT2D eigenvalue weighted by atomic mass is 10.0. The van der Waals surface area contributed by atoms with Crippen molar-refractivity contribution in [2.24, 2.45) is 0 Å². The van der Waals surface area contributed by atoms with E-state index in [1.54, 1.807) is 6.20 Å². The van der Waals surface area contributed by atoms with Crippen LogP contribution in [-0.4, -0.2) is 27.3 Å². The van der Waals surface area contributed by atoms with Crippen molar-refractivity contribution in [1.82, 2.24) is 14.9 Å². The van der Waals surface area contributed by atoms with E-state index in [1.165, 1.54) is 0 Å². The minimum absolute atomic E-state index is 0.0381. The maximum atomic E-state index is 13.0. The van der Waals surface area contributed by atoms with Gasteiger partial charge in [-0.25, -0.2) is 0 Å². The van der Waals surface area contributed by atoms with Gasteiger partial charge in [0.25, 0.3) is 5.91 Å². The second kappa shape index (κ2) is 8.58. The summed E-state index contributed by atoms with van der Waals surface area (Å²) in [5.74, 6) is 0.0381. The van der Waals surface area contributed by atoms with Crippen LogP contribution in [0.2, 0.25) is 0 Å². The second-order valence-corrected chi connectivity index (χ2v) is 6.76. The minimum atomic E-state index is 0.0381. The third kappa shape index (κ3) is 4.79. The SMILES string of the molecule is CCCN(Cc1ccccn1)C(=O)c1ccc(-c2cc(C)nc(C)c2)cc1. The number of amides is 1. The van der Waals surface area contributed by atoms with Crippen LogP contribution in [0.3, 0.4) is 0 Å². The van der Waals surface area contributed by atoms with Crippen LogP contribution in [0.15, 0.2) is 60.8 Å². The second-order valence-electron chi connectivity index (χ2n) is 6.76. The normalized spacial score (nSPS) is 10.6. The number of benzene rings is 1. The number of carbonyl (C=O) groups excluding carboxylic acids is 1. The summed E-state index contributed by atoms with van der Waals surface area (Å²) in [4.78, 5) is 23.6. The molecule has 0 aliphatic rings. The van der Waals surface area contributed by atoms with Crippen molar-refractivity contribution in [3.8, 4) is 11.1 Å². The molecular weight excluding hydrogens is 334 g/mol. The third-order valence-corrected chi connectivity index (χ3v) is 4.41. The quantitative estimate of drug-likeness (QED) is 0.634. The van der Waals surface area contributed by atoms with E-state index >= 15 is 0 Å². The van der Waals surface area contributed by atoms with Gasteiger partial charge in [0.15, 0.2) is 0 Å². The number of nitrogens with zero attached hydrogens (tertiary/aromatic N) is 3. The Kier molecular flexibility index (Phi) is 5.97. The summed E-state index contributed by atoms with van der Waals surface area (Å²) in [6, 6.07) is 17.7. The topological polar surface area (TPSA) is 46.1 Å². The van der Waals surface area contributed by atoms with Gasteiger partial charge in [0.05, 0.1) is 12.2 Å². The Bertz CT molecular complexity index is 884. The van der Waals surface area contributed by atoms with Crippen molar-refractivity contribution in [1.29, 1.82) is 0 Å². The molecule has 1 amide bonds. The number of aromatic nitrogens is 2. The first-order valence-electron chi connectivity index (χ1n) is 9.31. The predicted octanol–water partition coefficient (Wildman–Crippen LogP) is 4.81. The molecule has 3 rings (SSSR count). The molecule has 0 fully saturated rings. The number of hydrogen-bond acceptors (Lipinski definition) is 3. The Morgan fingerprint density at radius 2 is 1.67 bits per heavy atom. The fourth-order valence-corrected chi connectivity index (χ4v) is 3.20. The van der Waals surface area contributed by atoms with Gasteiger partial charge >= 0.3 is 0 Å². The van der Waals surface area contributed by atoms with E-state index in [1.807, 2.05) is 61.2 Å². The summed E-state index contributed by atoms with van der Waals surface area (Å²) >= 11 is 0. The smallest absolute Gasteiger partial charge is 0.254 e. The van der Waals surface area contributed by atoms with Gasteiger partial charge in [-0.3, -0.25) is 14.8 Å². The molecule has 4 heteroatoms. The monoisotopic (exact) mass is 359 g/mol. The zero-order chi connectivity index (χ0) is 19.2. The van der Waals surface area contributed by atoms with E-state index in [-0.39, 0.29) is 5.91 Å². The fraction of sp³-hybridized carbons (Fsp3) is 0.261. The highest BCUT2D eigenvalue weighted by Gasteiger charge is 2.16. The highest BCUT2D eigenvalue weighted by Crippen LogP contribution is 2.22. The summed E-state index contributed by atoms with van der Waals surface area (Å²) < 4.78 is 0. The zero-order valence-electron chi connectivity index (χ0n) is 16.1. The van der Waals surface area contributed by atoms with Gasteiger partial charge in [-0.1, -0.05) is 25.1 Å². The molecule has 0 atom stereocenters. The maximum Gasteiger partial charge on any atom is 0.254 e. The van der Waals surface area contributed by atoms with Gasteiger partial charge in [-0.15, -0.1) is 0 Å². The first-order valence-corrected chi connectivity index (χ1v) is 9.31. The number of pyridine rings is 2. The molecule has 4 nitrogen and oxygen atoms in total. The lowest BCUT2D eigenvalue weighted by Gasteiger charge is -2.22. The molecule has 0 radical (unpaired) electrons. The average Bonchev–Trinajstić information content (AvgIpc) is 2.67. The first kappa shape index (κ1) is 18.8. The molecule has 2 heterocycles. The zero-order valence-corrected chi connectivity index (χ0v) is 16.1. The van der Waals surface area contributed by atoms with E-state index in [4.69, 9.17) is 0 Å². The van der Waals surface area contributed by atoms with Crippen LogP contribution in [0, 0.1) is 13.8 Å². The lowest BCUT2D eigenvalue weighted by Crippen LogP contribution is -2.31. The molecule has 0 aliphatic carbocycles. The van der Waals surface area contributed by atoms with Crippen LogP contribution < -0.4 is 0 Å². The van der Waals surface area contributed by atoms with Gasteiger partial charge in [0.2, 0.25) is 0 Å². The predicted molar refractivity (Wildman–Crippen MR) is 108 cm³/mol. The van der Waals surface area contributed by atoms with Crippen molar-refractivity contribution in [3.63, 3.8) is 0 Å². The molecule has 27 heavy (non-hydrogen) atoms. The van der Waals surface area contributed by atoms with Gasteiger partial charge < -0.3 is 4.90 Å². The summed E-state index contributed by atoms with van der Waals surface area (Å²) in [5, 5.41) is 0. The Morgan fingerprint density at radius 3 is 2.26 bits per heavy atom. The Hall–Kier alpha value is -3.01. The molecule has 0 saturated heterocycles. The van der Waals surface area contributed by atoms with Crippen molar-refractivity contribution in [2.75, 3.05) is 6.54 Å². The van der Waals surface area contributed by atoms with Gasteiger partial charge in [-0.05, 0) is 67.8 Å². The molecule has 3 aromatic rings. The largest absolute Gasteiger partial charge is 0.333 e. The van der Waals surface area contributed by atoms with E-state index in [9.17, 15) is 4.79 Å². The van der Waals surface area contributed by atoms with Crippen molar-refractivity contribution in [3.05, 3.63) is 83.4 Å². The Morgan fingerprint density at radius 1 is 0.963 bits per heavy atom. The summed E-state index contributed by atoms with van der Waals surface area (Å²) in [5.41, 5.74) is 5.80. The van der Waals surface area contributed by atoms with Gasteiger partial charge in [0.1, 0.15) is 0 Å². The van der Waals surface area contributed by atoms with E-state index in [0.717, 1.165) is 34.6 Å². The molecule has 1 aromatic carbocycles. The molecule has 0 N–H and O–H groups in total. The molecule has 0 aliphatic heterocycles.